The van der Waals surface area contributed by atoms with E-state index in [1.807, 2.05) is 0 Å². The lowest BCUT2D eigenvalue weighted by atomic mass is 10.0. The molecule has 1 fully saturated rings. The van der Waals surface area contributed by atoms with E-state index in [0.717, 1.165) is 0 Å². The second-order valence-corrected chi connectivity index (χ2v) is 4.81. The maximum Gasteiger partial charge on any atom is 0.573 e. The summed E-state index contributed by atoms with van der Waals surface area (Å²) in [6, 6.07) is 3.68. The molecule has 0 bridgehead atoms. The van der Waals surface area contributed by atoms with E-state index in [4.69, 9.17) is 4.74 Å². The molecule has 9 heteroatoms. The number of rotatable bonds is 2. The second-order valence-electron chi connectivity index (χ2n) is 3.89. The van der Waals surface area contributed by atoms with Gasteiger partial charge in [-0.25, -0.2) is 4.79 Å². The van der Waals surface area contributed by atoms with Gasteiger partial charge < -0.3 is 14.8 Å². The number of alkyl halides is 3. The van der Waals surface area contributed by atoms with Gasteiger partial charge in [-0.1, -0.05) is 15.9 Å². The van der Waals surface area contributed by atoms with Crippen molar-refractivity contribution in [1.82, 2.24) is 5.32 Å². The monoisotopic (exact) mass is 375 g/mol. The van der Waals surface area contributed by atoms with Crippen molar-refractivity contribution in [3.05, 3.63) is 28.2 Å². The maximum absolute atomic E-state index is 12.2. The first-order valence-corrected chi connectivity index (χ1v) is 6.12. The van der Waals surface area contributed by atoms with Crippen LogP contribution in [0.15, 0.2) is 22.7 Å². The Morgan fingerprint density at radius 3 is 2.65 bits per heavy atom. The highest BCUT2D eigenvalue weighted by Gasteiger charge is 2.31. The van der Waals surface area contributed by atoms with Gasteiger partial charge in [0.15, 0.2) is 0 Å². The predicted molar refractivity (Wildman–Crippen MR) is 69.9 cm³/mol. The minimum Gasteiger partial charge on any atom is -0.449 e. The summed E-state index contributed by atoms with van der Waals surface area (Å²) in [6.45, 7) is 0.221. The number of hydrogen-bond donors (Lipinski definition) is 1. The Balaban J connectivity index is 0.00000200. The van der Waals surface area contributed by atoms with Gasteiger partial charge in [-0.2, -0.15) is 0 Å². The fourth-order valence-electron chi connectivity index (χ4n) is 1.75. The Hall–Kier alpha value is -1.15. The lowest BCUT2D eigenvalue weighted by Crippen LogP contribution is -2.35. The number of amides is 1. The molecule has 2 rings (SSSR count). The fourth-order valence-corrected chi connectivity index (χ4v) is 2.24. The van der Waals surface area contributed by atoms with Gasteiger partial charge >= 0.3 is 12.5 Å². The third-order valence-electron chi connectivity index (χ3n) is 2.46. The lowest BCUT2D eigenvalue weighted by molar-refractivity contribution is -0.274. The van der Waals surface area contributed by atoms with Crippen molar-refractivity contribution in [3.8, 4) is 5.75 Å². The molecule has 1 heterocycles. The summed E-state index contributed by atoms with van der Waals surface area (Å²) in [6.07, 6.45) is -4.86. The molecule has 1 aliphatic rings. The number of carbonyl (C=O) groups excluding carboxylic acids is 1. The van der Waals surface area contributed by atoms with E-state index >= 15 is 0 Å². The van der Waals surface area contributed by atoms with Crippen LogP contribution in [0.25, 0.3) is 0 Å². The van der Waals surface area contributed by atoms with Crippen molar-refractivity contribution < 1.29 is 27.4 Å². The van der Waals surface area contributed by atoms with Crippen LogP contribution in [-0.4, -0.2) is 19.1 Å². The van der Waals surface area contributed by atoms with Crippen molar-refractivity contribution in [1.29, 1.82) is 0 Å². The molecule has 1 N–H and O–H groups in total. The fraction of sp³-hybridized carbons (Fsp3) is 0.364. The zero-order chi connectivity index (χ0) is 14.0. The molecule has 0 unspecified atom stereocenters. The number of halogens is 5. The number of cyclic esters (lactones) is 1. The van der Waals surface area contributed by atoms with Crippen LogP contribution >= 0.6 is 28.3 Å². The predicted octanol–water partition coefficient (Wildman–Crippen LogP) is 3.94. The van der Waals surface area contributed by atoms with Gasteiger partial charge in [-0.05, 0) is 23.8 Å². The van der Waals surface area contributed by atoms with Gasteiger partial charge in [-0.3, -0.25) is 0 Å². The first-order valence-electron chi connectivity index (χ1n) is 5.33. The van der Waals surface area contributed by atoms with Crippen LogP contribution < -0.4 is 10.1 Å². The molecule has 20 heavy (non-hydrogen) atoms. The van der Waals surface area contributed by atoms with Crippen LogP contribution in [0.4, 0.5) is 18.0 Å². The summed E-state index contributed by atoms with van der Waals surface area (Å²) in [4.78, 5) is 11.1. The Morgan fingerprint density at radius 2 is 2.05 bits per heavy atom. The van der Waals surface area contributed by atoms with Gasteiger partial charge in [0.25, 0.3) is 0 Å². The molecule has 1 aromatic carbocycles. The zero-order valence-corrected chi connectivity index (χ0v) is 12.3. The molecule has 1 amide bonds. The quantitative estimate of drug-likeness (QED) is 0.850. The highest BCUT2D eigenvalue weighted by atomic mass is 79.9. The lowest BCUT2D eigenvalue weighted by Gasteiger charge is -2.24. The number of benzene rings is 1. The number of nitrogens with one attached hydrogen (secondary N) is 1. The van der Waals surface area contributed by atoms with Crippen molar-refractivity contribution in [3.63, 3.8) is 0 Å². The number of alkyl carbamates (subject to hydrolysis) is 1. The van der Waals surface area contributed by atoms with Gasteiger partial charge in [0.2, 0.25) is 0 Å². The first-order chi connectivity index (χ1) is 8.83. The van der Waals surface area contributed by atoms with Gasteiger partial charge in [0.1, 0.15) is 5.75 Å². The van der Waals surface area contributed by atoms with Crippen LogP contribution in [0.5, 0.6) is 5.75 Å². The summed E-state index contributed by atoms with van der Waals surface area (Å²) in [5, 5.41) is 2.53. The molecule has 1 atom stereocenters. The summed E-state index contributed by atoms with van der Waals surface area (Å²) in [5.41, 5.74) is 0.519. The molecule has 1 aliphatic heterocycles. The number of hydrogen-bond acceptors (Lipinski definition) is 3. The van der Waals surface area contributed by atoms with E-state index in [9.17, 15) is 18.0 Å². The summed E-state index contributed by atoms with van der Waals surface area (Å²) < 4.78 is 45.5. The highest BCUT2D eigenvalue weighted by molar-refractivity contribution is 9.10. The molecular formula is C11H10BrClF3NO3. The first kappa shape index (κ1) is 16.9. The molecule has 0 radical (unpaired) electrons. The Bertz CT molecular complexity index is 498. The highest BCUT2D eigenvalue weighted by Crippen LogP contribution is 2.31. The number of ether oxygens (including phenoxy) is 2. The van der Waals surface area contributed by atoms with Gasteiger partial charge in [0.05, 0.1) is 12.6 Å². The minimum atomic E-state index is -4.75. The third-order valence-corrected chi connectivity index (χ3v) is 2.92. The molecule has 0 saturated carbocycles. The standard InChI is InChI=1S/C11H9BrF3NO3.ClH/c12-7-3-6(9-1-2-18-10(17)16-9)4-8(5-7)19-11(13,14)15;/h3-5,9H,1-2H2,(H,16,17);1H/t9-;/m1./s1. The van der Waals surface area contributed by atoms with Crippen LogP contribution in [-0.2, 0) is 4.74 Å². The van der Waals surface area contributed by atoms with E-state index in [1.54, 1.807) is 6.07 Å². The topological polar surface area (TPSA) is 47.6 Å². The van der Waals surface area contributed by atoms with Crippen LogP contribution in [0.2, 0.25) is 0 Å². The van der Waals surface area contributed by atoms with E-state index in [2.05, 4.69) is 26.0 Å². The third kappa shape index (κ3) is 4.75. The van der Waals surface area contributed by atoms with Crippen molar-refractivity contribution in [2.24, 2.45) is 0 Å². The second kappa shape index (κ2) is 6.53. The van der Waals surface area contributed by atoms with E-state index < -0.39 is 18.5 Å². The van der Waals surface area contributed by atoms with E-state index in [-0.39, 0.29) is 24.8 Å². The average molecular weight is 377 g/mol. The van der Waals surface area contributed by atoms with Crippen molar-refractivity contribution in [2.75, 3.05) is 6.61 Å². The Labute approximate surface area is 127 Å². The molecule has 0 aliphatic carbocycles. The Kier molecular flexibility index (Phi) is 5.52. The molecule has 1 saturated heterocycles. The molecule has 112 valence electrons. The SMILES string of the molecule is Cl.O=C1N[C@@H](c2cc(Br)cc(OC(F)(F)F)c2)CCO1. The molecule has 0 spiro atoms. The normalized spacial score (nSPS) is 18.6. The van der Waals surface area contributed by atoms with Crippen LogP contribution in [0, 0.1) is 0 Å². The smallest absolute Gasteiger partial charge is 0.449 e. The van der Waals surface area contributed by atoms with Gasteiger partial charge in [0, 0.05) is 10.9 Å². The van der Waals surface area contributed by atoms with Gasteiger partial charge in [-0.15, -0.1) is 25.6 Å². The average Bonchev–Trinajstić information content (AvgIpc) is 2.25. The molecule has 0 aromatic heterocycles. The molecular weight excluding hydrogens is 366 g/mol. The van der Waals surface area contributed by atoms with Crippen LogP contribution in [0.1, 0.15) is 18.0 Å². The summed E-state index contributed by atoms with van der Waals surface area (Å²) >= 11 is 3.11. The molecule has 1 aromatic rings. The van der Waals surface area contributed by atoms with E-state index in [0.29, 0.717) is 16.5 Å². The number of carbonyl (C=O) groups is 1. The van der Waals surface area contributed by atoms with Crippen molar-refractivity contribution >= 4 is 34.4 Å². The summed E-state index contributed by atoms with van der Waals surface area (Å²) in [5.74, 6) is -0.336. The van der Waals surface area contributed by atoms with E-state index in [1.165, 1.54) is 12.1 Å². The largest absolute Gasteiger partial charge is 0.573 e. The zero-order valence-electron chi connectivity index (χ0n) is 9.87. The summed E-state index contributed by atoms with van der Waals surface area (Å²) in [7, 11) is 0. The minimum absolute atomic E-state index is 0. The Morgan fingerprint density at radius 1 is 1.35 bits per heavy atom. The molecule has 4 nitrogen and oxygen atoms in total. The van der Waals surface area contributed by atoms with Crippen LogP contribution in [0.3, 0.4) is 0 Å². The van der Waals surface area contributed by atoms with Crippen molar-refractivity contribution in [2.45, 2.75) is 18.8 Å². The maximum atomic E-state index is 12.2.